The van der Waals surface area contributed by atoms with E-state index in [1.807, 2.05) is 6.92 Å². The summed E-state index contributed by atoms with van der Waals surface area (Å²) in [4.78, 5) is 11.0. The van der Waals surface area contributed by atoms with E-state index >= 15 is 0 Å². The van der Waals surface area contributed by atoms with Crippen LogP contribution < -0.4 is 5.32 Å². The smallest absolute Gasteiger partial charge is 0.146 e. The number of carbonyl (C=O) groups excluding carboxylic acids is 1. The minimum absolute atomic E-state index is 0.0972. The van der Waals surface area contributed by atoms with Gasteiger partial charge in [-0.2, -0.15) is 0 Å². The number of rotatable bonds is 6. The van der Waals surface area contributed by atoms with Crippen molar-refractivity contribution >= 4 is 5.78 Å². The molecule has 0 aromatic heterocycles. The van der Waals surface area contributed by atoms with Gasteiger partial charge >= 0.3 is 0 Å². The lowest BCUT2D eigenvalue weighted by atomic mass is 10.1. The molecule has 0 saturated heterocycles. The van der Waals surface area contributed by atoms with Crippen molar-refractivity contribution in [1.82, 2.24) is 5.32 Å². The van der Waals surface area contributed by atoms with Gasteiger partial charge < -0.3 is 5.32 Å². The number of unbranched alkanes of at least 4 members (excludes halogenated alkanes) is 1. The molecule has 0 fully saturated rings. The third-order valence-electron chi connectivity index (χ3n) is 1.79. The molecule has 0 unspecified atom stereocenters. The first-order chi connectivity index (χ1) is 5.22. The molecule has 1 atom stereocenters. The van der Waals surface area contributed by atoms with Crippen LogP contribution in [0.1, 0.15) is 40.0 Å². The molecule has 11 heavy (non-hydrogen) atoms. The first kappa shape index (κ1) is 10.6. The summed E-state index contributed by atoms with van der Waals surface area (Å²) in [6, 6.07) is 0.0972. The summed E-state index contributed by atoms with van der Waals surface area (Å²) < 4.78 is 0. The molecular formula is C9H19NO. The summed E-state index contributed by atoms with van der Waals surface area (Å²) in [7, 11) is 0. The van der Waals surface area contributed by atoms with Crippen LogP contribution in [-0.4, -0.2) is 18.4 Å². The third kappa shape index (κ3) is 4.96. The molecule has 0 saturated carbocycles. The highest BCUT2D eigenvalue weighted by atomic mass is 16.1. The maximum absolute atomic E-state index is 11.0. The van der Waals surface area contributed by atoms with Crippen LogP contribution in [0.2, 0.25) is 0 Å². The lowest BCUT2D eigenvalue weighted by Crippen LogP contribution is -2.34. The highest BCUT2D eigenvalue weighted by Gasteiger charge is 2.10. The predicted octanol–water partition coefficient (Wildman–Crippen LogP) is 1.74. The molecule has 1 N–H and O–H groups in total. The molecule has 0 heterocycles. The molecule has 0 aliphatic carbocycles. The molecule has 0 bridgehead atoms. The van der Waals surface area contributed by atoms with Crippen LogP contribution in [0.3, 0.4) is 0 Å². The van der Waals surface area contributed by atoms with Crippen LogP contribution in [0, 0.1) is 0 Å². The van der Waals surface area contributed by atoms with Crippen molar-refractivity contribution < 1.29 is 4.79 Å². The van der Waals surface area contributed by atoms with Crippen molar-refractivity contribution in [2.45, 2.75) is 46.1 Å². The maximum atomic E-state index is 11.0. The van der Waals surface area contributed by atoms with Gasteiger partial charge in [-0.25, -0.2) is 0 Å². The molecule has 0 spiro atoms. The maximum Gasteiger partial charge on any atom is 0.146 e. The molecule has 2 nitrogen and oxygen atoms in total. The Bertz CT molecular complexity index is 112. The van der Waals surface area contributed by atoms with Gasteiger partial charge in [-0.05, 0) is 19.9 Å². The molecule has 0 aliphatic heterocycles. The molecule has 0 aliphatic rings. The second kappa shape index (κ2) is 6.35. The lowest BCUT2D eigenvalue weighted by Gasteiger charge is -2.13. The van der Waals surface area contributed by atoms with E-state index in [0.717, 1.165) is 25.8 Å². The average molecular weight is 157 g/mol. The molecular weight excluding hydrogens is 138 g/mol. The summed E-state index contributed by atoms with van der Waals surface area (Å²) in [5.41, 5.74) is 0. The van der Waals surface area contributed by atoms with Gasteiger partial charge in [-0.3, -0.25) is 4.79 Å². The number of carbonyl (C=O) groups is 1. The van der Waals surface area contributed by atoms with E-state index in [0.29, 0.717) is 0 Å². The fourth-order valence-electron chi connectivity index (χ4n) is 1.10. The molecule has 0 radical (unpaired) electrons. The Hall–Kier alpha value is -0.370. The number of hydrogen-bond donors (Lipinski definition) is 1. The van der Waals surface area contributed by atoms with Crippen LogP contribution in [0.5, 0.6) is 0 Å². The van der Waals surface area contributed by atoms with E-state index < -0.39 is 0 Å². The SMILES string of the molecule is CCCC[C@H](NCC)C(C)=O. The van der Waals surface area contributed by atoms with Crippen LogP contribution in [0.15, 0.2) is 0 Å². The first-order valence-corrected chi connectivity index (χ1v) is 4.46. The van der Waals surface area contributed by atoms with Crippen LogP contribution in [0.25, 0.3) is 0 Å². The first-order valence-electron chi connectivity index (χ1n) is 4.46. The largest absolute Gasteiger partial charge is 0.308 e. The fourth-order valence-corrected chi connectivity index (χ4v) is 1.10. The standard InChI is InChI=1S/C9H19NO/c1-4-6-7-9(8(3)11)10-5-2/h9-10H,4-7H2,1-3H3/t9-/m0/s1. The summed E-state index contributed by atoms with van der Waals surface area (Å²) in [5.74, 6) is 0.264. The van der Waals surface area contributed by atoms with Crippen molar-refractivity contribution in [3.63, 3.8) is 0 Å². The van der Waals surface area contributed by atoms with Crippen LogP contribution in [0.4, 0.5) is 0 Å². The fraction of sp³-hybridized carbons (Fsp3) is 0.889. The molecule has 0 aromatic carbocycles. The Morgan fingerprint density at radius 2 is 2.09 bits per heavy atom. The Morgan fingerprint density at radius 1 is 1.45 bits per heavy atom. The van der Waals surface area contributed by atoms with E-state index in [1.165, 1.54) is 0 Å². The van der Waals surface area contributed by atoms with Crippen LogP contribution in [-0.2, 0) is 4.79 Å². The van der Waals surface area contributed by atoms with Gasteiger partial charge in [0.25, 0.3) is 0 Å². The predicted molar refractivity (Wildman–Crippen MR) is 47.7 cm³/mol. The Balaban J connectivity index is 3.60. The Kier molecular flexibility index (Phi) is 6.13. The summed E-state index contributed by atoms with van der Waals surface area (Å²) in [5, 5.41) is 3.17. The highest BCUT2D eigenvalue weighted by molar-refractivity contribution is 5.81. The second-order valence-electron chi connectivity index (χ2n) is 2.86. The van der Waals surface area contributed by atoms with Crippen molar-refractivity contribution in [2.75, 3.05) is 6.54 Å². The molecule has 2 heteroatoms. The minimum atomic E-state index is 0.0972. The third-order valence-corrected chi connectivity index (χ3v) is 1.79. The van der Waals surface area contributed by atoms with Gasteiger partial charge in [0.05, 0.1) is 6.04 Å². The van der Waals surface area contributed by atoms with Crippen molar-refractivity contribution in [2.24, 2.45) is 0 Å². The van der Waals surface area contributed by atoms with E-state index in [-0.39, 0.29) is 11.8 Å². The van der Waals surface area contributed by atoms with Gasteiger partial charge in [0, 0.05) is 0 Å². The second-order valence-corrected chi connectivity index (χ2v) is 2.86. The lowest BCUT2D eigenvalue weighted by molar-refractivity contribution is -0.119. The number of hydrogen-bond acceptors (Lipinski definition) is 2. The molecule has 0 rings (SSSR count). The van der Waals surface area contributed by atoms with Gasteiger partial charge in [0.1, 0.15) is 5.78 Å². The van der Waals surface area contributed by atoms with Gasteiger partial charge in [-0.1, -0.05) is 26.7 Å². The summed E-state index contributed by atoms with van der Waals surface area (Å²) in [6.07, 6.45) is 3.28. The van der Waals surface area contributed by atoms with E-state index in [4.69, 9.17) is 0 Å². The van der Waals surface area contributed by atoms with Gasteiger partial charge in [0.15, 0.2) is 0 Å². The van der Waals surface area contributed by atoms with E-state index in [1.54, 1.807) is 6.92 Å². The summed E-state index contributed by atoms with van der Waals surface area (Å²) in [6.45, 7) is 6.71. The topological polar surface area (TPSA) is 29.1 Å². The average Bonchev–Trinajstić information content (AvgIpc) is 1.97. The number of likely N-dealkylation sites (N-methyl/N-ethyl adjacent to an activating group) is 1. The monoisotopic (exact) mass is 157 g/mol. The highest BCUT2D eigenvalue weighted by Crippen LogP contribution is 2.00. The zero-order valence-corrected chi connectivity index (χ0v) is 7.81. The molecule has 66 valence electrons. The Morgan fingerprint density at radius 3 is 2.45 bits per heavy atom. The number of Topliss-reactive ketones (excluding diaryl/α,β-unsaturated/α-hetero) is 1. The Labute approximate surface area is 69.4 Å². The van der Waals surface area contributed by atoms with Crippen molar-refractivity contribution in [3.8, 4) is 0 Å². The van der Waals surface area contributed by atoms with Crippen molar-refractivity contribution in [3.05, 3.63) is 0 Å². The summed E-state index contributed by atoms with van der Waals surface area (Å²) >= 11 is 0. The van der Waals surface area contributed by atoms with E-state index in [9.17, 15) is 4.79 Å². The number of nitrogens with one attached hydrogen (secondary N) is 1. The van der Waals surface area contributed by atoms with Crippen LogP contribution >= 0.6 is 0 Å². The van der Waals surface area contributed by atoms with E-state index in [2.05, 4.69) is 12.2 Å². The molecule has 0 aromatic rings. The molecule has 0 amide bonds. The van der Waals surface area contributed by atoms with Gasteiger partial charge in [0.2, 0.25) is 0 Å². The quantitative estimate of drug-likeness (QED) is 0.636. The van der Waals surface area contributed by atoms with Gasteiger partial charge in [-0.15, -0.1) is 0 Å². The van der Waals surface area contributed by atoms with Crippen molar-refractivity contribution in [1.29, 1.82) is 0 Å². The number of ketones is 1. The zero-order valence-electron chi connectivity index (χ0n) is 7.81. The minimum Gasteiger partial charge on any atom is -0.308 e. The zero-order chi connectivity index (χ0) is 8.69. The normalized spacial score (nSPS) is 13.0.